The highest BCUT2D eigenvalue weighted by Crippen LogP contribution is 2.35. The number of piperidine rings is 1. The third kappa shape index (κ3) is 4.16. The fourth-order valence-corrected chi connectivity index (χ4v) is 4.15. The third-order valence-corrected chi connectivity index (χ3v) is 5.65. The minimum absolute atomic E-state index is 0.222. The number of aryl methyl sites for hydroxylation is 1. The minimum Gasteiger partial charge on any atom is -0.342 e. The quantitative estimate of drug-likeness (QED) is 0.867. The van der Waals surface area contributed by atoms with E-state index in [1.165, 1.54) is 29.8 Å². The van der Waals surface area contributed by atoms with Gasteiger partial charge >= 0.3 is 0 Å². The van der Waals surface area contributed by atoms with Gasteiger partial charge in [0.25, 0.3) is 0 Å². The van der Waals surface area contributed by atoms with Crippen molar-refractivity contribution in [2.24, 2.45) is 5.41 Å². The summed E-state index contributed by atoms with van der Waals surface area (Å²) in [7, 11) is 0. The van der Waals surface area contributed by atoms with Crippen LogP contribution in [0.3, 0.4) is 0 Å². The van der Waals surface area contributed by atoms with Crippen molar-refractivity contribution >= 4 is 5.91 Å². The number of carbonyl (C=O) groups is 1. The molecule has 3 heterocycles. The van der Waals surface area contributed by atoms with E-state index in [1.807, 2.05) is 4.90 Å². The van der Waals surface area contributed by atoms with Crippen molar-refractivity contribution in [3.8, 4) is 11.4 Å². The maximum atomic E-state index is 13.0. The summed E-state index contributed by atoms with van der Waals surface area (Å²) >= 11 is 0. The van der Waals surface area contributed by atoms with Gasteiger partial charge in [-0.25, -0.2) is 4.39 Å². The van der Waals surface area contributed by atoms with Gasteiger partial charge in [0.15, 0.2) is 0 Å². The molecule has 1 aromatic carbocycles. The number of benzene rings is 1. The van der Waals surface area contributed by atoms with Gasteiger partial charge in [-0.1, -0.05) is 0 Å². The first-order valence-corrected chi connectivity index (χ1v) is 9.66. The van der Waals surface area contributed by atoms with Crippen LogP contribution in [-0.4, -0.2) is 57.2 Å². The van der Waals surface area contributed by atoms with Gasteiger partial charge in [-0.15, -0.1) is 10.2 Å². The number of nitrogens with zero attached hydrogens (tertiary/aromatic N) is 5. The fourth-order valence-electron chi connectivity index (χ4n) is 4.15. The van der Waals surface area contributed by atoms with Crippen LogP contribution in [-0.2, 0) is 11.3 Å². The molecule has 0 unspecified atom stereocenters. The van der Waals surface area contributed by atoms with E-state index in [0.717, 1.165) is 38.2 Å². The second-order valence-electron chi connectivity index (χ2n) is 7.67. The second-order valence-corrected chi connectivity index (χ2v) is 7.67. The number of likely N-dealkylation sites (tertiary alicyclic amines) is 1. The second kappa shape index (κ2) is 7.72. The normalized spacial score (nSPS) is 22.5. The van der Waals surface area contributed by atoms with E-state index in [1.54, 1.807) is 12.1 Å². The number of amides is 1. The van der Waals surface area contributed by atoms with E-state index in [-0.39, 0.29) is 11.7 Å². The highest BCUT2D eigenvalue weighted by molar-refractivity contribution is 5.76. The van der Waals surface area contributed by atoms with Crippen molar-refractivity contribution in [2.75, 3.05) is 26.2 Å². The first-order valence-electron chi connectivity index (χ1n) is 9.66. The molecule has 7 nitrogen and oxygen atoms in total. The summed E-state index contributed by atoms with van der Waals surface area (Å²) in [5.41, 5.74) is 1.02. The van der Waals surface area contributed by atoms with Gasteiger partial charge in [0.05, 0.1) is 6.54 Å². The Morgan fingerprint density at radius 1 is 1.26 bits per heavy atom. The number of rotatable bonds is 5. The molecule has 0 bridgehead atoms. The predicted molar refractivity (Wildman–Crippen MR) is 98.2 cm³/mol. The molecule has 2 aromatic rings. The third-order valence-electron chi connectivity index (χ3n) is 5.65. The Kier molecular flexibility index (Phi) is 5.15. The average Bonchev–Trinajstić information content (AvgIpc) is 3.32. The Morgan fingerprint density at radius 3 is 2.89 bits per heavy atom. The summed E-state index contributed by atoms with van der Waals surface area (Å²) in [6, 6.07) is 6.01. The Balaban J connectivity index is 1.27. The largest absolute Gasteiger partial charge is 0.342 e. The molecule has 0 saturated carbocycles. The lowest BCUT2D eigenvalue weighted by molar-refractivity contribution is -0.134. The van der Waals surface area contributed by atoms with Crippen molar-refractivity contribution in [1.29, 1.82) is 0 Å². The number of halogens is 1. The van der Waals surface area contributed by atoms with Crippen LogP contribution in [0.1, 0.15) is 32.1 Å². The van der Waals surface area contributed by atoms with Crippen LogP contribution in [0, 0.1) is 11.2 Å². The summed E-state index contributed by atoms with van der Waals surface area (Å²) < 4.78 is 13.0. The summed E-state index contributed by atoms with van der Waals surface area (Å²) in [5.74, 6) is 0.394. The number of hydrogen-bond acceptors (Lipinski definition) is 5. The molecule has 1 aromatic heterocycles. The minimum atomic E-state index is -0.294. The lowest BCUT2D eigenvalue weighted by atomic mass is 9.79. The zero-order valence-corrected chi connectivity index (χ0v) is 15.4. The van der Waals surface area contributed by atoms with Gasteiger partial charge < -0.3 is 10.2 Å². The Labute approximate surface area is 157 Å². The van der Waals surface area contributed by atoms with E-state index in [4.69, 9.17) is 0 Å². The van der Waals surface area contributed by atoms with Crippen molar-refractivity contribution in [3.05, 3.63) is 30.1 Å². The zero-order chi connectivity index (χ0) is 18.7. The Bertz CT molecular complexity index is 784. The standard InChI is InChI=1S/C19H25FN6O/c20-16-6-4-15(5-7-16)18-22-24-26(23-18)12-1-3-17(27)25-11-2-8-19(14-25)9-10-21-13-19/h4-7,21H,1-3,8-14H2/t19-/m1/s1. The van der Waals surface area contributed by atoms with Crippen LogP contribution in [0.25, 0.3) is 11.4 Å². The molecule has 144 valence electrons. The lowest BCUT2D eigenvalue weighted by Crippen LogP contribution is -2.47. The molecule has 4 rings (SSSR count). The number of hydrogen-bond donors (Lipinski definition) is 1. The zero-order valence-electron chi connectivity index (χ0n) is 15.4. The first kappa shape index (κ1) is 18.0. The summed E-state index contributed by atoms with van der Waals surface area (Å²) in [4.78, 5) is 16.1. The molecule has 1 spiro atoms. The van der Waals surface area contributed by atoms with Crippen LogP contribution in [0.2, 0.25) is 0 Å². The van der Waals surface area contributed by atoms with E-state index < -0.39 is 0 Å². The molecule has 2 fully saturated rings. The molecule has 2 saturated heterocycles. The Hall–Kier alpha value is -2.35. The summed E-state index contributed by atoms with van der Waals surface area (Å²) in [6.45, 7) is 4.40. The molecule has 0 radical (unpaired) electrons. The molecule has 8 heteroatoms. The smallest absolute Gasteiger partial charge is 0.222 e. The van der Waals surface area contributed by atoms with Gasteiger partial charge in [-0.3, -0.25) is 4.79 Å². The Morgan fingerprint density at radius 2 is 2.11 bits per heavy atom. The van der Waals surface area contributed by atoms with Gasteiger partial charge in [0.2, 0.25) is 11.7 Å². The summed E-state index contributed by atoms with van der Waals surface area (Å²) in [5, 5.41) is 15.8. The number of tetrazole rings is 1. The van der Waals surface area contributed by atoms with Gasteiger partial charge in [-0.2, -0.15) is 4.80 Å². The van der Waals surface area contributed by atoms with Crippen LogP contribution in [0.5, 0.6) is 0 Å². The van der Waals surface area contributed by atoms with Crippen LogP contribution in [0.15, 0.2) is 24.3 Å². The van der Waals surface area contributed by atoms with Crippen molar-refractivity contribution < 1.29 is 9.18 Å². The number of aromatic nitrogens is 4. The molecule has 0 aliphatic carbocycles. The van der Waals surface area contributed by atoms with Crippen molar-refractivity contribution in [1.82, 2.24) is 30.4 Å². The fraction of sp³-hybridized carbons (Fsp3) is 0.579. The predicted octanol–water partition coefficient (Wildman–Crippen LogP) is 1.86. The van der Waals surface area contributed by atoms with Gasteiger partial charge in [-0.05, 0) is 61.7 Å². The van der Waals surface area contributed by atoms with E-state index in [2.05, 4.69) is 20.7 Å². The molecule has 1 atom stereocenters. The van der Waals surface area contributed by atoms with E-state index >= 15 is 0 Å². The highest BCUT2D eigenvalue weighted by Gasteiger charge is 2.39. The summed E-state index contributed by atoms with van der Waals surface area (Å²) in [6.07, 6.45) is 4.67. The van der Waals surface area contributed by atoms with E-state index in [0.29, 0.717) is 30.6 Å². The van der Waals surface area contributed by atoms with Crippen LogP contribution < -0.4 is 5.32 Å². The van der Waals surface area contributed by atoms with Crippen LogP contribution >= 0.6 is 0 Å². The van der Waals surface area contributed by atoms with Crippen molar-refractivity contribution in [3.63, 3.8) is 0 Å². The topological polar surface area (TPSA) is 75.9 Å². The molecule has 27 heavy (non-hydrogen) atoms. The van der Waals surface area contributed by atoms with E-state index in [9.17, 15) is 9.18 Å². The first-order chi connectivity index (χ1) is 13.1. The van der Waals surface area contributed by atoms with Crippen LogP contribution in [0.4, 0.5) is 4.39 Å². The SMILES string of the molecule is O=C(CCCn1nnc(-c2ccc(F)cc2)n1)N1CCC[C@]2(CCNC2)C1. The maximum Gasteiger partial charge on any atom is 0.222 e. The van der Waals surface area contributed by atoms with Gasteiger partial charge in [0, 0.05) is 37.0 Å². The number of nitrogens with one attached hydrogen (secondary N) is 1. The molecule has 2 aliphatic rings. The lowest BCUT2D eigenvalue weighted by Gasteiger charge is -2.40. The van der Waals surface area contributed by atoms with Gasteiger partial charge in [0.1, 0.15) is 5.82 Å². The highest BCUT2D eigenvalue weighted by atomic mass is 19.1. The number of carbonyl (C=O) groups excluding carboxylic acids is 1. The molecule has 1 N–H and O–H groups in total. The molecular formula is C19H25FN6O. The monoisotopic (exact) mass is 372 g/mol. The maximum absolute atomic E-state index is 13.0. The average molecular weight is 372 g/mol. The van der Waals surface area contributed by atoms with Crippen molar-refractivity contribution in [2.45, 2.75) is 38.6 Å². The molecule has 2 aliphatic heterocycles. The molecule has 1 amide bonds. The molecular weight excluding hydrogens is 347 g/mol.